The minimum absolute atomic E-state index is 0.0903. The average molecular weight is 205 g/mol. The Labute approximate surface area is 83.8 Å². The van der Waals surface area contributed by atoms with Crippen LogP contribution >= 0.6 is 0 Å². The summed E-state index contributed by atoms with van der Waals surface area (Å²) < 4.78 is 1.09. The maximum atomic E-state index is 10.7. The van der Waals surface area contributed by atoms with Crippen molar-refractivity contribution >= 4 is 22.5 Å². The Hall–Kier alpha value is -2.44. The Morgan fingerprint density at radius 1 is 1.60 bits per heavy atom. The number of nitro groups is 1. The standard InChI is InChI=1S/C8H7N5O2/c9-8(10)12-4-5-2-1-3-6(13(14)15)7(5)11-12/h1-4H,(H3,9,10). The molecule has 0 unspecified atom stereocenters. The number of nitrogens with two attached hydrogens (primary N) is 1. The lowest BCUT2D eigenvalue weighted by atomic mass is 10.2. The Morgan fingerprint density at radius 3 is 2.93 bits per heavy atom. The topological polar surface area (TPSA) is 111 Å². The second kappa shape index (κ2) is 3.05. The van der Waals surface area contributed by atoms with Gasteiger partial charge in [-0.1, -0.05) is 12.1 Å². The predicted molar refractivity (Wildman–Crippen MR) is 53.7 cm³/mol. The van der Waals surface area contributed by atoms with Gasteiger partial charge in [0.1, 0.15) is 0 Å². The lowest BCUT2D eigenvalue weighted by Gasteiger charge is -1.92. The summed E-state index contributed by atoms with van der Waals surface area (Å²) >= 11 is 0. The molecule has 7 nitrogen and oxygen atoms in total. The van der Waals surface area contributed by atoms with Crippen LogP contribution in [-0.2, 0) is 0 Å². The minimum atomic E-state index is -0.514. The molecular formula is C8H7N5O2. The second-order valence-corrected chi connectivity index (χ2v) is 2.93. The highest BCUT2D eigenvalue weighted by Crippen LogP contribution is 2.23. The van der Waals surface area contributed by atoms with Crippen molar-refractivity contribution in [3.8, 4) is 0 Å². The Bertz CT molecular complexity index is 559. The Morgan fingerprint density at radius 2 is 2.33 bits per heavy atom. The third-order valence-corrected chi connectivity index (χ3v) is 1.96. The quantitative estimate of drug-likeness (QED) is 0.308. The van der Waals surface area contributed by atoms with E-state index in [9.17, 15) is 10.1 Å². The molecule has 0 radical (unpaired) electrons. The summed E-state index contributed by atoms with van der Waals surface area (Å²) in [6, 6.07) is 4.60. The zero-order valence-corrected chi connectivity index (χ0v) is 7.54. The molecule has 0 saturated carbocycles. The first-order chi connectivity index (χ1) is 7.09. The summed E-state index contributed by atoms with van der Waals surface area (Å²) in [7, 11) is 0. The van der Waals surface area contributed by atoms with Crippen LogP contribution in [0.2, 0.25) is 0 Å². The van der Waals surface area contributed by atoms with Crippen molar-refractivity contribution in [3.63, 3.8) is 0 Å². The third-order valence-electron chi connectivity index (χ3n) is 1.96. The molecule has 15 heavy (non-hydrogen) atoms. The van der Waals surface area contributed by atoms with Crippen LogP contribution in [0.15, 0.2) is 24.4 Å². The van der Waals surface area contributed by atoms with E-state index in [1.54, 1.807) is 12.1 Å². The van der Waals surface area contributed by atoms with Crippen LogP contribution in [-0.4, -0.2) is 20.7 Å². The molecule has 0 aliphatic heterocycles. The van der Waals surface area contributed by atoms with Gasteiger partial charge in [0.05, 0.1) is 4.92 Å². The third kappa shape index (κ3) is 1.39. The molecule has 0 bridgehead atoms. The molecule has 0 aliphatic rings. The number of nitro benzene ring substituents is 1. The van der Waals surface area contributed by atoms with Gasteiger partial charge in [0, 0.05) is 17.6 Å². The number of hydrogen-bond acceptors (Lipinski definition) is 4. The van der Waals surface area contributed by atoms with Crippen molar-refractivity contribution in [3.05, 3.63) is 34.5 Å². The summed E-state index contributed by atoms with van der Waals surface area (Å²) in [6.45, 7) is 0. The number of nitrogen functional groups attached to an aromatic ring is 1. The van der Waals surface area contributed by atoms with E-state index in [0.29, 0.717) is 5.39 Å². The molecule has 2 rings (SSSR count). The highest BCUT2D eigenvalue weighted by atomic mass is 16.6. The van der Waals surface area contributed by atoms with Gasteiger partial charge in [-0.25, -0.2) is 4.68 Å². The first kappa shape index (κ1) is 9.13. The minimum Gasteiger partial charge on any atom is -0.368 e. The van der Waals surface area contributed by atoms with Gasteiger partial charge in [0.15, 0.2) is 5.52 Å². The smallest absolute Gasteiger partial charge is 0.297 e. The van der Waals surface area contributed by atoms with Gasteiger partial charge in [-0.05, 0) is 0 Å². The van der Waals surface area contributed by atoms with Gasteiger partial charge in [-0.3, -0.25) is 15.5 Å². The number of benzene rings is 1. The fraction of sp³-hybridized carbons (Fsp3) is 0. The fourth-order valence-electron chi connectivity index (χ4n) is 1.30. The monoisotopic (exact) mass is 205 g/mol. The molecule has 7 heteroatoms. The number of nitrogens with zero attached hydrogens (tertiary/aromatic N) is 3. The van der Waals surface area contributed by atoms with E-state index in [4.69, 9.17) is 11.1 Å². The zero-order chi connectivity index (χ0) is 11.0. The summed E-state index contributed by atoms with van der Waals surface area (Å²) in [4.78, 5) is 10.2. The van der Waals surface area contributed by atoms with Gasteiger partial charge in [0.25, 0.3) is 5.69 Å². The number of hydrogen-bond donors (Lipinski definition) is 2. The SMILES string of the molecule is N=C(N)n1cc2cccc([N+](=O)[O-])c2n1. The van der Waals surface area contributed by atoms with E-state index in [2.05, 4.69) is 5.10 Å². The van der Waals surface area contributed by atoms with E-state index in [1.165, 1.54) is 12.3 Å². The second-order valence-electron chi connectivity index (χ2n) is 2.93. The summed E-state index contributed by atoms with van der Waals surface area (Å²) in [5, 5.41) is 22.3. The van der Waals surface area contributed by atoms with Crippen LogP contribution in [0.5, 0.6) is 0 Å². The molecule has 3 N–H and O–H groups in total. The molecular weight excluding hydrogens is 198 g/mol. The van der Waals surface area contributed by atoms with E-state index < -0.39 is 4.92 Å². The van der Waals surface area contributed by atoms with Gasteiger partial charge < -0.3 is 5.73 Å². The van der Waals surface area contributed by atoms with Crippen molar-refractivity contribution in [1.82, 2.24) is 9.78 Å². The molecule has 1 aromatic heterocycles. The number of fused-ring (bicyclic) bond motifs is 1. The lowest BCUT2D eigenvalue weighted by molar-refractivity contribution is -0.383. The predicted octanol–water partition coefficient (Wildman–Crippen LogP) is 0.686. The van der Waals surface area contributed by atoms with Crippen molar-refractivity contribution in [2.45, 2.75) is 0 Å². The van der Waals surface area contributed by atoms with E-state index in [1.807, 2.05) is 0 Å². The van der Waals surface area contributed by atoms with E-state index in [-0.39, 0.29) is 17.2 Å². The van der Waals surface area contributed by atoms with Gasteiger partial charge in [-0.15, -0.1) is 0 Å². The Kier molecular flexibility index (Phi) is 1.86. The highest BCUT2D eigenvalue weighted by Gasteiger charge is 2.14. The molecule has 0 aliphatic carbocycles. The van der Waals surface area contributed by atoms with Crippen LogP contribution < -0.4 is 5.73 Å². The molecule has 1 heterocycles. The van der Waals surface area contributed by atoms with Crippen molar-refractivity contribution in [1.29, 1.82) is 5.41 Å². The fourth-order valence-corrected chi connectivity index (χ4v) is 1.30. The maximum Gasteiger partial charge on any atom is 0.297 e. The molecule has 0 spiro atoms. The van der Waals surface area contributed by atoms with Crippen molar-refractivity contribution in [2.75, 3.05) is 0 Å². The van der Waals surface area contributed by atoms with Crippen molar-refractivity contribution in [2.24, 2.45) is 5.73 Å². The van der Waals surface area contributed by atoms with Crippen LogP contribution in [0.3, 0.4) is 0 Å². The van der Waals surface area contributed by atoms with Crippen LogP contribution in [0.25, 0.3) is 10.9 Å². The van der Waals surface area contributed by atoms with E-state index >= 15 is 0 Å². The van der Waals surface area contributed by atoms with E-state index in [0.717, 1.165) is 4.68 Å². The summed E-state index contributed by atoms with van der Waals surface area (Å²) in [6.07, 6.45) is 1.48. The first-order valence-electron chi connectivity index (χ1n) is 4.07. The molecule has 0 amide bonds. The summed E-state index contributed by atoms with van der Waals surface area (Å²) in [5.41, 5.74) is 5.36. The van der Waals surface area contributed by atoms with Crippen LogP contribution in [0.4, 0.5) is 5.69 Å². The zero-order valence-electron chi connectivity index (χ0n) is 7.54. The maximum absolute atomic E-state index is 10.7. The largest absolute Gasteiger partial charge is 0.368 e. The molecule has 1 aromatic carbocycles. The molecule has 0 saturated heterocycles. The van der Waals surface area contributed by atoms with Crippen LogP contribution in [0.1, 0.15) is 0 Å². The summed E-state index contributed by atoms with van der Waals surface area (Å²) in [5.74, 6) is -0.277. The van der Waals surface area contributed by atoms with Gasteiger partial charge >= 0.3 is 0 Å². The molecule has 0 atom stereocenters. The molecule has 76 valence electrons. The van der Waals surface area contributed by atoms with Crippen LogP contribution in [0, 0.1) is 15.5 Å². The van der Waals surface area contributed by atoms with Crippen molar-refractivity contribution < 1.29 is 4.92 Å². The van der Waals surface area contributed by atoms with Gasteiger partial charge in [0.2, 0.25) is 5.96 Å². The number of non-ortho nitro benzene ring substituents is 1. The lowest BCUT2D eigenvalue weighted by Crippen LogP contribution is -2.20. The highest BCUT2D eigenvalue weighted by molar-refractivity contribution is 5.90. The number of rotatable bonds is 1. The number of nitrogens with one attached hydrogen (secondary N) is 1. The first-order valence-corrected chi connectivity index (χ1v) is 4.07. The van der Waals surface area contributed by atoms with Gasteiger partial charge in [-0.2, -0.15) is 5.10 Å². The Balaban J connectivity index is 2.75. The molecule has 2 aromatic rings. The normalized spacial score (nSPS) is 10.4. The average Bonchev–Trinajstić information content (AvgIpc) is 2.60. The molecule has 0 fully saturated rings. The number of aromatic nitrogens is 2.